The van der Waals surface area contributed by atoms with Crippen LogP contribution in [-0.4, -0.2) is 11.3 Å². The molecule has 0 radical (unpaired) electrons. The second-order valence-corrected chi connectivity index (χ2v) is 6.32. The minimum Gasteiger partial charge on any atom is -0.372 e. The van der Waals surface area contributed by atoms with E-state index >= 15 is 0 Å². The SMILES string of the molecule is O=C(c1ccccc1)[C@]1(Nc2ccccc2)C[C@H]1c1ccccc1. The molecule has 2 heteroatoms. The van der Waals surface area contributed by atoms with E-state index < -0.39 is 5.54 Å². The molecule has 0 bridgehead atoms. The van der Waals surface area contributed by atoms with Gasteiger partial charge in [0.15, 0.2) is 5.78 Å². The first-order valence-electron chi connectivity index (χ1n) is 8.28. The fraction of sp³-hybridized carbons (Fsp3) is 0.136. The maximum Gasteiger partial charge on any atom is 0.188 e. The lowest BCUT2D eigenvalue weighted by Crippen LogP contribution is -2.34. The molecule has 1 aliphatic carbocycles. The van der Waals surface area contributed by atoms with E-state index in [1.807, 2.05) is 78.9 Å². The third-order valence-electron chi connectivity index (χ3n) is 4.75. The Labute approximate surface area is 142 Å². The third kappa shape index (κ3) is 2.61. The van der Waals surface area contributed by atoms with E-state index in [4.69, 9.17) is 0 Å². The summed E-state index contributed by atoms with van der Waals surface area (Å²) in [5.74, 6) is 0.368. The van der Waals surface area contributed by atoms with E-state index in [0.29, 0.717) is 0 Å². The zero-order valence-corrected chi connectivity index (χ0v) is 13.4. The molecule has 0 heterocycles. The summed E-state index contributed by atoms with van der Waals surface area (Å²) in [7, 11) is 0. The average Bonchev–Trinajstić information content (AvgIpc) is 3.39. The predicted octanol–water partition coefficient (Wildman–Crippen LogP) is 4.91. The van der Waals surface area contributed by atoms with Gasteiger partial charge in [-0.2, -0.15) is 0 Å². The smallest absolute Gasteiger partial charge is 0.188 e. The lowest BCUT2D eigenvalue weighted by Gasteiger charge is -2.20. The summed E-state index contributed by atoms with van der Waals surface area (Å²) in [6.07, 6.45) is 0.819. The van der Waals surface area contributed by atoms with E-state index in [1.54, 1.807) is 0 Å². The molecule has 4 rings (SSSR count). The highest BCUT2D eigenvalue weighted by molar-refractivity contribution is 6.08. The predicted molar refractivity (Wildman–Crippen MR) is 97.4 cm³/mol. The van der Waals surface area contributed by atoms with Crippen molar-refractivity contribution in [3.05, 3.63) is 102 Å². The Hall–Kier alpha value is -2.87. The summed E-state index contributed by atoms with van der Waals surface area (Å²) < 4.78 is 0. The van der Waals surface area contributed by atoms with Crippen LogP contribution in [0, 0.1) is 0 Å². The number of carbonyl (C=O) groups is 1. The van der Waals surface area contributed by atoms with Crippen molar-refractivity contribution >= 4 is 11.5 Å². The van der Waals surface area contributed by atoms with Gasteiger partial charge in [-0.1, -0.05) is 78.9 Å². The van der Waals surface area contributed by atoms with Crippen molar-refractivity contribution in [2.24, 2.45) is 0 Å². The van der Waals surface area contributed by atoms with Gasteiger partial charge in [0.05, 0.1) is 0 Å². The highest BCUT2D eigenvalue weighted by atomic mass is 16.1. The number of carbonyl (C=O) groups excluding carboxylic acids is 1. The van der Waals surface area contributed by atoms with Crippen molar-refractivity contribution in [3.63, 3.8) is 0 Å². The maximum absolute atomic E-state index is 13.3. The molecule has 0 aromatic heterocycles. The van der Waals surface area contributed by atoms with Crippen molar-refractivity contribution in [1.82, 2.24) is 0 Å². The molecule has 0 aliphatic heterocycles. The van der Waals surface area contributed by atoms with Crippen LogP contribution in [0.5, 0.6) is 0 Å². The number of ketones is 1. The number of hydrogen-bond donors (Lipinski definition) is 1. The average molecular weight is 313 g/mol. The molecule has 118 valence electrons. The molecule has 0 unspecified atom stereocenters. The molecule has 1 aliphatic rings. The second kappa shape index (κ2) is 5.97. The summed E-state index contributed by atoms with van der Waals surface area (Å²) in [5.41, 5.74) is 2.41. The molecule has 2 atom stereocenters. The number of benzene rings is 3. The lowest BCUT2D eigenvalue weighted by molar-refractivity contribution is 0.0956. The minimum absolute atomic E-state index is 0.167. The number of Topliss-reactive ketones (excluding diaryl/α,β-unsaturated/α-hetero) is 1. The van der Waals surface area contributed by atoms with Crippen molar-refractivity contribution in [1.29, 1.82) is 0 Å². The first-order chi connectivity index (χ1) is 11.8. The van der Waals surface area contributed by atoms with E-state index in [-0.39, 0.29) is 11.7 Å². The standard InChI is InChI=1S/C22H19NO/c24-21(18-12-6-2-7-13-18)22(23-19-14-8-3-9-15-19)16-20(22)17-10-4-1-5-11-17/h1-15,20,23H,16H2/t20-,22-/m0/s1. The number of rotatable bonds is 5. The van der Waals surface area contributed by atoms with Crippen molar-refractivity contribution < 1.29 is 4.79 Å². The summed E-state index contributed by atoms with van der Waals surface area (Å²) in [5, 5.41) is 3.53. The zero-order valence-electron chi connectivity index (χ0n) is 13.4. The van der Waals surface area contributed by atoms with Gasteiger partial charge in [-0.3, -0.25) is 4.79 Å². The van der Waals surface area contributed by atoms with Crippen LogP contribution < -0.4 is 5.32 Å². The first kappa shape index (κ1) is 14.7. The summed E-state index contributed by atoms with van der Waals surface area (Å²) in [6.45, 7) is 0. The van der Waals surface area contributed by atoms with Gasteiger partial charge >= 0.3 is 0 Å². The molecule has 0 amide bonds. The largest absolute Gasteiger partial charge is 0.372 e. The molecule has 0 saturated heterocycles. The van der Waals surface area contributed by atoms with E-state index in [2.05, 4.69) is 17.4 Å². The molecule has 0 spiro atoms. The van der Waals surface area contributed by atoms with Gasteiger partial charge in [-0.25, -0.2) is 0 Å². The highest BCUT2D eigenvalue weighted by Crippen LogP contribution is 2.55. The molecular weight excluding hydrogens is 294 g/mol. The van der Waals surface area contributed by atoms with Crippen LogP contribution >= 0.6 is 0 Å². The van der Waals surface area contributed by atoms with Gasteiger partial charge in [0.2, 0.25) is 0 Å². The van der Waals surface area contributed by atoms with Crippen LogP contribution in [0.4, 0.5) is 5.69 Å². The fourth-order valence-electron chi connectivity index (χ4n) is 3.42. The maximum atomic E-state index is 13.3. The normalized spacial score (nSPS) is 21.9. The van der Waals surface area contributed by atoms with Crippen LogP contribution in [0.1, 0.15) is 28.3 Å². The van der Waals surface area contributed by atoms with Crippen LogP contribution in [0.3, 0.4) is 0 Å². The monoisotopic (exact) mass is 313 g/mol. The van der Waals surface area contributed by atoms with E-state index in [0.717, 1.165) is 17.7 Å². The molecule has 24 heavy (non-hydrogen) atoms. The Morgan fingerprint density at radius 2 is 1.33 bits per heavy atom. The minimum atomic E-state index is -0.552. The summed E-state index contributed by atoms with van der Waals surface area (Å²) >= 11 is 0. The highest BCUT2D eigenvalue weighted by Gasteiger charge is 2.60. The fourth-order valence-corrected chi connectivity index (χ4v) is 3.42. The van der Waals surface area contributed by atoms with Gasteiger partial charge in [-0.15, -0.1) is 0 Å². The van der Waals surface area contributed by atoms with Crippen LogP contribution in [0.15, 0.2) is 91.0 Å². The Bertz CT molecular complexity index is 830. The zero-order chi connectivity index (χ0) is 16.4. The number of para-hydroxylation sites is 1. The summed E-state index contributed by atoms with van der Waals surface area (Å²) in [6, 6.07) is 29.9. The Balaban J connectivity index is 1.70. The van der Waals surface area contributed by atoms with Crippen LogP contribution in [-0.2, 0) is 0 Å². The number of hydrogen-bond acceptors (Lipinski definition) is 2. The van der Waals surface area contributed by atoms with Gasteiger partial charge in [-0.05, 0) is 24.1 Å². The Kier molecular flexibility index (Phi) is 3.66. The van der Waals surface area contributed by atoms with E-state index in [9.17, 15) is 4.79 Å². The Morgan fingerprint density at radius 3 is 1.96 bits per heavy atom. The van der Waals surface area contributed by atoms with Gasteiger partial charge in [0.25, 0.3) is 0 Å². The molecule has 3 aromatic rings. The quantitative estimate of drug-likeness (QED) is 0.678. The molecular formula is C22H19NO. The topological polar surface area (TPSA) is 29.1 Å². The van der Waals surface area contributed by atoms with E-state index in [1.165, 1.54) is 5.56 Å². The molecule has 2 nitrogen and oxygen atoms in total. The molecule has 3 aromatic carbocycles. The summed E-state index contributed by atoms with van der Waals surface area (Å²) in [4.78, 5) is 13.3. The second-order valence-electron chi connectivity index (χ2n) is 6.32. The Morgan fingerprint density at radius 1 is 0.792 bits per heavy atom. The first-order valence-corrected chi connectivity index (χ1v) is 8.28. The number of anilines is 1. The molecule has 1 saturated carbocycles. The van der Waals surface area contributed by atoms with Gasteiger partial charge < -0.3 is 5.32 Å². The lowest BCUT2D eigenvalue weighted by atomic mass is 9.97. The van der Waals surface area contributed by atoms with Crippen LogP contribution in [0.2, 0.25) is 0 Å². The van der Waals surface area contributed by atoms with Crippen molar-refractivity contribution in [2.45, 2.75) is 17.9 Å². The van der Waals surface area contributed by atoms with Crippen LogP contribution in [0.25, 0.3) is 0 Å². The third-order valence-corrected chi connectivity index (χ3v) is 4.75. The van der Waals surface area contributed by atoms with Gasteiger partial charge in [0, 0.05) is 17.2 Å². The number of nitrogens with one attached hydrogen (secondary N) is 1. The van der Waals surface area contributed by atoms with Crippen molar-refractivity contribution in [3.8, 4) is 0 Å². The van der Waals surface area contributed by atoms with Gasteiger partial charge in [0.1, 0.15) is 5.54 Å². The molecule has 1 fully saturated rings. The molecule has 1 N–H and O–H groups in total. The van der Waals surface area contributed by atoms with Crippen molar-refractivity contribution in [2.75, 3.05) is 5.32 Å².